The smallest absolute Gasteiger partial charge is 0.405 e. The van der Waals surface area contributed by atoms with Crippen LogP contribution >= 0.6 is 11.6 Å². The molecule has 5 aromatic rings. The van der Waals surface area contributed by atoms with Crippen molar-refractivity contribution in [1.29, 1.82) is 0 Å². The van der Waals surface area contributed by atoms with Crippen LogP contribution in [-0.4, -0.2) is 36.2 Å². The largest absolute Gasteiger partial charge is 0.465 e. The summed E-state index contributed by atoms with van der Waals surface area (Å²) < 4.78 is 20.4. The Hall–Kier alpha value is -5.87. The molecule has 9 nitrogen and oxygen atoms in total. The zero-order valence-electron chi connectivity index (χ0n) is 30.4. The summed E-state index contributed by atoms with van der Waals surface area (Å²) in [6, 6.07) is 34.6. The van der Waals surface area contributed by atoms with Gasteiger partial charge in [-0.05, 0) is 77.4 Å². The van der Waals surface area contributed by atoms with Crippen LogP contribution in [0.4, 0.5) is 19.7 Å². The summed E-state index contributed by atoms with van der Waals surface area (Å²) in [6.07, 6.45) is -0.213. The van der Waals surface area contributed by atoms with Gasteiger partial charge in [-0.25, -0.2) is 14.0 Å². The summed E-state index contributed by atoms with van der Waals surface area (Å²) in [6.45, 7) is 6.56. The van der Waals surface area contributed by atoms with Gasteiger partial charge in [0.1, 0.15) is 11.6 Å². The second-order valence-electron chi connectivity index (χ2n) is 14.0. The lowest BCUT2D eigenvalue weighted by Gasteiger charge is -2.27. The fourth-order valence-electron chi connectivity index (χ4n) is 5.97. The van der Waals surface area contributed by atoms with Crippen molar-refractivity contribution in [3.05, 3.63) is 149 Å². The first-order chi connectivity index (χ1) is 25.9. The number of carbonyl (C=O) groups excluding carboxylic acids is 2. The van der Waals surface area contributed by atoms with Crippen molar-refractivity contribution in [2.24, 2.45) is 5.41 Å². The highest BCUT2D eigenvalue weighted by Crippen LogP contribution is 2.38. The third-order valence-electron chi connectivity index (χ3n) is 8.54. The SMILES string of the molecule is CC(C)(C)C[C@H](NC(=O)O)c1cccc(Oc2cc(Cl)ccc2N(CCCNC(=O)NCc2ccccc2F)C(=O)c2ccc(-c3ccccc3)cc2)c1. The van der Waals surface area contributed by atoms with E-state index in [-0.39, 0.29) is 31.0 Å². The molecule has 5 aromatic carbocycles. The molecule has 11 heteroatoms. The lowest BCUT2D eigenvalue weighted by atomic mass is 9.85. The number of rotatable bonds is 14. The third kappa shape index (κ3) is 11.3. The van der Waals surface area contributed by atoms with Gasteiger partial charge < -0.3 is 30.7 Å². The highest BCUT2D eigenvalue weighted by Gasteiger charge is 2.24. The third-order valence-corrected chi connectivity index (χ3v) is 8.78. The molecule has 1 atom stereocenters. The Morgan fingerprint density at radius 2 is 1.54 bits per heavy atom. The number of urea groups is 1. The maximum absolute atomic E-state index is 14.3. The van der Waals surface area contributed by atoms with E-state index in [1.807, 2.05) is 69.3 Å². The van der Waals surface area contributed by atoms with Crippen LogP contribution in [0.5, 0.6) is 11.5 Å². The van der Waals surface area contributed by atoms with Crippen molar-refractivity contribution in [2.75, 3.05) is 18.0 Å². The standard InChI is InChI=1S/C43H44ClFN4O5/c1-43(2,3)27-37(48-42(52)53)32-14-9-15-35(25-32)54-39-26-34(44)21-22-38(39)49(24-10-23-46-41(51)47-28-33-13-7-8-16-36(33)45)40(50)31-19-17-30(18-20-31)29-11-5-4-6-12-29/h4-9,11-22,25-26,37,48H,10,23-24,27-28H2,1-3H3,(H,52,53)(H2,46,47,51)/t37-/m0/s1. The molecule has 0 saturated heterocycles. The minimum absolute atomic E-state index is 0.0259. The molecule has 54 heavy (non-hydrogen) atoms. The van der Waals surface area contributed by atoms with Gasteiger partial charge in [0, 0.05) is 41.9 Å². The number of carboxylic acid groups (broad SMARTS) is 1. The van der Waals surface area contributed by atoms with Crippen LogP contribution in [0.25, 0.3) is 11.1 Å². The molecule has 0 saturated carbocycles. The van der Waals surface area contributed by atoms with E-state index >= 15 is 0 Å². The highest BCUT2D eigenvalue weighted by molar-refractivity contribution is 6.30. The summed E-state index contributed by atoms with van der Waals surface area (Å²) in [5.41, 5.74) is 3.79. The van der Waals surface area contributed by atoms with Crippen LogP contribution in [-0.2, 0) is 6.54 Å². The van der Waals surface area contributed by atoms with E-state index in [4.69, 9.17) is 16.3 Å². The number of halogens is 2. The van der Waals surface area contributed by atoms with Crippen molar-refractivity contribution in [2.45, 2.75) is 46.2 Å². The minimum atomic E-state index is -1.13. The molecule has 0 spiro atoms. The number of ether oxygens (including phenoxy) is 1. The summed E-state index contributed by atoms with van der Waals surface area (Å²) >= 11 is 6.48. The molecule has 0 aliphatic heterocycles. The topological polar surface area (TPSA) is 120 Å². The van der Waals surface area contributed by atoms with Gasteiger partial charge in [-0.2, -0.15) is 0 Å². The van der Waals surface area contributed by atoms with Crippen LogP contribution in [0, 0.1) is 11.2 Å². The maximum atomic E-state index is 14.3. The first-order valence-electron chi connectivity index (χ1n) is 17.7. The minimum Gasteiger partial charge on any atom is -0.465 e. The molecular formula is C43H44ClFN4O5. The van der Waals surface area contributed by atoms with Crippen molar-refractivity contribution in [1.82, 2.24) is 16.0 Å². The normalized spacial score (nSPS) is 11.6. The number of carbonyl (C=O) groups is 3. The Kier molecular flexibility index (Phi) is 13.3. The van der Waals surface area contributed by atoms with Gasteiger partial charge in [-0.3, -0.25) is 4.79 Å². The first kappa shape index (κ1) is 39.3. The van der Waals surface area contributed by atoms with Gasteiger partial charge >= 0.3 is 12.1 Å². The van der Waals surface area contributed by atoms with Crippen molar-refractivity contribution >= 4 is 35.3 Å². The van der Waals surface area contributed by atoms with E-state index in [0.717, 1.165) is 16.7 Å². The van der Waals surface area contributed by atoms with Gasteiger partial charge in [0.05, 0.1) is 11.7 Å². The van der Waals surface area contributed by atoms with E-state index < -0.39 is 24.0 Å². The summed E-state index contributed by atoms with van der Waals surface area (Å²) in [5.74, 6) is 0.0338. The van der Waals surface area contributed by atoms with Crippen molar-refractivity contribution in [3.8, 4) is 22.6 Å². The Morgan fingerprint density at radius 3 is 2.24 bits per heavy atom. The van der Waals surface area contributed by atoms with Gasteiger partial charge in [0.2, 0.25) is 0 Å². The number of anilines is 1. The quantitative estimate of drug-likeness (QED) is 0.0843. The van der Waals surface area contributed by atoms with Gasteiger partial charge in [0.15, 0.2) is 5.75 Å². The predicted molar refractivity (Wildman–Crippen MR) is 211 cm³/mol. The molecule has 0 heterocycles. The van der Waals surface area contributed by atoms with Gasteiger partial charge in [0.25, 0.3) is 5.91 Å². The molecule has 0 fully saturated rings. The van der Waals surface area contributed by atoms with E-state index in [1.54, 1.807) is 71.6 Å². The molecule has 4 N–H and O–H groups in total. The van der Waals surface area contributed by atoms with Gasteiger partial charge in [-0.1, -0.05) is 105 Å². The Balaban J connectivity index is 1.39. The predicted octanol–water partition coefficient (Wildman–Crippen LogP) is 10.2. The number of nitrogens with zero attached hydrogens (tertiary/aromatic N) is 1. The van der Waals surface area contributed by atoms with Crippen LogP contribution in [0.3, 0.4) is 0 Å². The van der Waals surface area contributed by atoms with Crippen LogP contribution in [0.2, 0.25) is 5.02 Å². The molecule has 5 rings (SSSR count). The number of amides is 4. The number of hydrogen-bond donors (Lipinski definition) is 4. The monoisotopic (exact) mass is 750 g/mol. The zero-order valence-corrected chi connectivity index (χ0v) is 31.2. The molecule has 0 aliphatic carbocycles. The summed E-state index contributed by atoms with van der Waals surface area (Å²) in [7, 11) is 0. The van der Waals surface area contributed by atoms with Crippen molar-refractivity contribution in [3.63, 3.8) is 0 Å². The Bertz CT molecular complexity index is 2050. The Morgan fingerprint density at radius 1 is 0.833 bits per heavy atom. The molecule has 0 aliphatic rings. The fourth-order valence-corrected chi connectivity index (χ4v) is 6.13. The lowest BCUT2D eigenvalue weighted by molar-refractivity contribution is 0.0986. The molecular weight excluding hydrogens is 707 g/mol. The van der Waals surface area contributed by atoms with Crippen LogP contribution < -0.4 is 25.6 Å². The summed E-state index contributed by atoms with van der Waals surface area (Å²) in [4.78, 5) is 40.1. The molecule has 4 amide bonds. The number of benzene rings is 5. The Labute approximate surface area is 320 Å². The van der Waals surface area contributed by atoms with Gasteiger partial charge in [-0.15, -0.1) is 0 Å². The average Bonchev–Trinajstić information content (AvgIpc) is 3.14. The fraction of sp³-hybridized carbons (Fsp3) is 0.233. The van der Waals surface area contributed by atoms with Crippen LogP contribution in [0.15, 0.2) is 121 Å². The average molecular weight is 751 g/mol. The lowest BCUT2D eigenvalue weighted by Crippen LogP contribution is -2.38. The second-order valence-corrected chi connectivity index (χ2v) is 14.4. The maximum Gasteiger partial charge on any atom is 0.405 e. The highest BCUT2D eigenvalue weighted by atomic mass is 35.5. The molecule has 0 bridgehead atoms. The van der Waals surface area contributed by atoms with Crippen molar-refractivity contribution < 1.29 is 28.6 Å². The zero-order chi connectivity index (χ0) is 38.7. The van der Waals surface area contributed by atoms with Crippen LogP contribution in [0.1, 0.15) is 61.1 Å². The van der Waals surface area contributed by atoms with E-state index in [2.05, 4.69) is 16.0 Å². The molecule has 280 valence electrons. The van der Waals surface area contributed by atoms with E-state index in [0.29, 0.717) is 46.2 Å². The molecule has 0 unspecified atom stereocenters. The van der Waals surface area contributed by atoms with E-state index in [1.165, 1.54) is 6.07 Å². The molecule has 0 radical (unpaired) electrons. The summed E-state index contributed by atoms with van der Waals surface area (Å²) in [5, 5.41) is 18.0. The number of hydrogen-bond acceptors (Lipinski definition) is 4. The second kappa shape index (κ2) is 18.3. The van der Waals surface area contributed by atoms with E-state index in [9.17, 15) is 23.9 Å². The number of nitrogens with one attached hydrogen (secondary N) is 3. The first-order valence-corrected chi connectivity index (χ1v) is 18.0. The molecule has 0 aromatic heterocycles.